The fraction of sp³-hybridized carbons (Fsp3) is 0.600. The van der Waals surface area contributed by atoms with E-state index in [4.69, 9.17) is 4.74 Å². The fourth-order valence-corrected chi connectivity index (χ4v) is 4.09. The van der Waals surface area contributed by atoms with Crippen molar-refractivity contribution in [3.8, 4) is 5.75 Å². The first-order valence-electron chi connectivity index (χ1n) is 9.76. The van der Waals surface area contributed by atoms with E-state index in [9.17, 15) is 9.59 Å². The zero-order chi connectivity index (χ0) is 17.9. The number of likely N-dealkylation sites (tertiary alicyclic amines) is 1. The van der Waals surface area contributed by atoms with Crippen molar-refractivity contribution < 1.29 is 14.3 Å². The molecule has 0 bridgehead atoms. The van der Waals surface area contributed by atoms with Crippen molar-refractivity contribution >= 4 is 11.8 Å². The van der Waals surface area contributed by atoms with Gasteiger partial charge in [-0.2, -0.15) is 0 Å². The molecule has 2 amide bonds. The van der Waals surface area contributed by atoms with Gasteiger partial charge in [0.2, 0.25) is 5.91 Å². The lowest BCUT2D eigenvalue weighted by atomic mass is 10.1. The molecule has 0 aliphatic carbocycles. The Bertz CT molecular complexity index is 685. The maximum Gasteiger partial charge on any atom is 0.253 e. The summed E-state index contributed by atoms with van der Waals surface area (Å²) in [4.78, 5) is 31.3. The summed E-state index contributed by atoms with van der Waals surface area (Å²) in [5.74, 6) is 1.23. The molecule has 0 aromatic heterocycles. The summed E-state index contributed by atoms with van der Waals surface area (Å²) in [6.45, 7) is 6.06. The Labute approximate surface area is 154 Å². The minimum atomic E-state index is 0.0902. The van der Waals surface area contributed by atoms with E-state index in [1.807, 2.05) is 28.0 Å². The average Bonchev–Trinajstić information content (AvgIpc) is 3.30. The van der Waals surface area contributed by atoms with Crippen LogP contribution in [0.25, 0.3) is 0 Å². The first kappa shape index (κ1) is 17.3. The van der Waals surface area contributed by atoms with Crippen LogP contribution in [-0.4, -0.2) is 78.9 Å². The zero-order valence-corrected chi connectivity index (χ0v) is 15.3. The molecule has 6 nitrogen and oxygen atoms in total. The molecule has 1 aromatic carbocycles. The molecular weight excluding hydrogens is 330 g/mol. The second-order valence-electron chi connectivity index (χ2n) is 7.43. The molecule has 0 unspecified atom stereocenters. The van der Waals surface area contributed by atoms with Gasteiger partial charge in [-0.1, -0.05) is 0 Å². The lowest BCUT2D eigenvalue weighted by Gasteiger charge is -2.24. The Morgan fingerprint density at radius 1 is 0.923 bits per heavy atom. The molecule has 2 fully saturated rings. The van der Waals surface area contributed by atoms with Crippen LogP contribution in [0.1, 0.15) is 35.2 Å². The third-order valence-electron chi connectivity index (χ3n) is 5.63. The van der Waals surface area contributed by atoms with Crippen molar-refractivity contribution in [2.75, 3.05) is 52.4 Å². The molecule has 140 valence electrons. The number of nitrogens with zero attached hydrogens (tertiary/aromatic N) is 3. The smallest absolute Gasteiger partial charge is 0.253 e. The summed E-state index contributed by atoms with van der Waals surface area (Å²) < 4.78 is 5.52. The van der Waals surface area contributed by atoms with Crippen LogP contribution in [0, 0.1) is 0 Å². The molecular formula is C20H27N3O3. The zero-order valence-electron chi connectivity index (χ0n) is 15.3. The number of amides is 2. The standard InChI is InChI=1S/C20H27N3O3/c24-19(22-8-1-2-9-22)15-21-7-3-10-23(12-11-21)20(25)17-4-5-18-16(14-17)6-13-26-18/h4-5,14H,1-3,6-13,15H2. The van der Waals surface area contributed by atoms with Crippen molar-refractivity contribution in [3.05, 3.63) is 29.3 Å². The van der Waals surface area contributed by atoms with Gasteiger partial charge < -0.3 is 14.5 Å². The molecule has 6 heteroatoms. The van der Waals surface area contributed by atoms with E-state index in [1.165, 1.54) is 0 Å². The third-order valence-corrected chi connectivity index (χ3v) is 5.63. The maximum atomic E-state index is 12.9. The summed E-state index contributed by atoms with van der Waals surface area (Å²) in [5, 5.41) is 0. The molecule has 3 heterocycles. The lowest BCUT2D eigenvalue weighted by molar-refractivity contribution is -0.131. The van der Waals surface area contributed by atoms with E-state index in [2.05, 4.69) is 4.90 Å². The summed E-state index contributed by atoms with van der Waals surface area (Å²) in [6, 6.07) is 5.75. The predicted octanol–water partition coefficient (Wildman–Crippen LogP) is 1.39. The molecule has 3 aliphatic heterocycles. The number of carbonyl (C=O) groups is 2. The van der Waals surface area contributed by atoms with Gasteiger partial charge in [-0.25, -0.2) is 0 Å². The molecule has 1 aromatic rings. The van der Waals surface area contributed by atoms with E-state index in [0.717, 1.165) is 75.3 Å². The van der Waals surface area contributed by atoms with Gasteiger partial charge in [0.15, 0.2) is 0 Å². The topological polar surface area (TPSA) is 53.1 Å². The first-order valence-corrected chi connectivity index (χ1v) is 9.76. The second-order valence-corrected chi connectivity index (χ2v) is 7.43. The minimum Gasteiger partial charge on any atom is -0.493 e. The minimum absolute atomic E-state index is 0.0902. The maximum absolute atomic E-state index is 12.9. The van der Waals surface area contributed by atoms with Crippen molar-refractivity contribution in [1.82, 2.24) is 14.7 Å². The number of ether oxygens (including phenoxy) is 1. The number of benzene rings is 1. The molecule has 0 radical (unpaired) electrons. The molecule has 0 atom stereocenters. The van der Waals surface area contributed by atoms with Crippen LogP contribution < -0.4 is 4.74 Å². The Morgan fingerprint density at radius 2 is 1.73 bits per heavy atom. The van der Waals surface area contributed by atoms with Gasteiger partial charge in [0.25, 0.3) is 5.91 Å². The van der Waals surface area contributed by atoms with E-state index in [1.54, 1.807) is 0 Å². The summed E-state index contributed by atoms with van der Waals surface area (Å²) in [7, 11) is 0. The van der Waals surface area contributed by atoms with Crippen molar-refractivity contribution in [3.63, 3.8) is 0 Å². The van der Waals surface area contributed by atoms with Crippen LogP contribution in [0.2, 0.25) is 0 Å². The highest BCUT2D eigenvalue weighted by molar-refractivity contribution is 5.94. The van der Waals surface area contributed by atoms with E-state index in [0.29, 0.717) is 19.7 Å². The highest BCUT2D eigenvalue weighted by Gasteiger charge is 2.25. The van der Waals surface area contributed by atoms with Gasteiger partial charge in [-0.15, -0.1) is 0 Å². The predicted molar refractivity (Wildman–Crippen MR) is 98.4 cm³/mol. The van der Waals surface area contributed by atoms with Crippen molar-refractivity contribution in [2.24, 2.45) is 0 Å². The fourth-order valence-electron chi connectivity index (χ4n) is 4.09. The summed E-state index contributed by atoms with van der Waals surface area (Å²) in [5.41, 5.74) is 1.87. The highest BCUT2D eigenvalue weighted by atomic mass is 16.5. The number of carbonyl (C=O) groups excluding carboxylic acids is 2. The normalized spacial score (nSPS) is 20.6. The van der Waals surface area contributed by atoms with E-state index < -0.39 is 0 Å². The molecule has 2 saturated heterocycles. The van der Waals surface area contributed by atoms with Crippen molar-refractivity contribution in [2.45, 2.75) is 25.7 Å². The van der Waals surface area contributed by atoms with Gasteiger partial charge in [0.05, 0.1) is 13.2 Å². The van der Waals surface area contributed by atoms with Gasteiger partial charge in [0.1, 0.15) is 5.75 Å². The van der Waals surface area contributed by atoms with E-state index in [-0.39, 0.29) is 11.8 Å². The molecule has 0 spiro atoms. The van der Waals surface area contributed by atoms with Crippen molar-refractivity contribution in [1.29, 1.82) is 0 Å². The first-order chi connectivity index (χ1) is 12.7. The van der Waals surface area contributed by atoms with Crippen LogP contribution in [0.3, 0.4) is 0 Å². The Kier molecular flexibility index (Phi) is 5.11. The highest BCUT2D eigenvalue weighted by Crippen LogP contribution is 2.26. The largest absolute Gasteiger partial charge is 0.493 e. The summed E-state index contributed by atoms with van der Waals surface area (Å²) >= 11 is 0. The van der Waals surface area contributed by atoms with Gasteiger partial charge in [0, 0.05) is 51.3 Å². The molecule has 3 aliphatic rings. The van der Waals surface area contributed by atoms with Crippen LogP contribution in [0.4, 0.5) is 0 Å². The van der Waals surface area contributed by atoms with Crippen LogP contribution in [0.15, 0.2) is 18.2 Å². The van der Waals surface area contributed by atoms with Crippen LogP contribution in [-0.2, 0) is 11.2 Å². The average molecular weight is 357 g/mol. The Hall–Kier alpha value is -2.08. The second kappa shape index (κ2) is 7.66. The Morgan fingerprint density at radius 3 is 2.58 bits per heavy atom. The number of hydrogen-bond acceptors (Lipinski definition) is 4. The SMILES string of the molecule is O=C(CN1CCCN(C(=O)c2ccc3c(c2)CCO3)CC1)N1CCCC1. The van der Waals surface area contributed by atoms with Crippen LogP contribution in [0.5, 0.6) is 5.75 Å². The van der Waals surface area contributed by atoms with E-state index >= 15 is 0 Å². The lowest BCUT2D eigenvalue weighted by Crippen LogP contribution is -2.41. The number of fused-ring (bicyclic) bond motifs is 1. The molecule has 26 heavy (non-hydrogen) atoms. The van der Waals surface area contributed by atoms with Crippen LogP contribution >= 0.6 is 0 Å². The monoisotopic (exact) mass is 357 g/mol. The van der Waals surface area contributed by atoms with Gasteiger partial charge in [-0.05, 0) is 43.0 Å². The summed E-state index contributed by atoms with van der Waals surface area (Å²) in [6.07, 6.45) is 4.04. The Balaban J connectivity index is 1.34. The number of rotatable bonds is 3. The number of hydrogen-bond donors (Lipinski definition) is 0. The quantitative estimate of drug-likeness (QED) is 0.820. The third kappa shape index (κ3) is 3.70. The molecule has 0 N–H and O–H groups in total. The molecule has 0 saturated carbocycles. The molecule has 4 rings (SSSR count). The van der Waals surface area contributed by atoms with Gasteiger partial charge >= 0.3 is 0 Å². The van der Waals surface area contributed by atoms with Gasteiger partial charge in [-0.3, -0.25) is 14.5 Å².